The number of hydrogen-bond acceptors (Lipinski definition) is 4. The Morgan fingerprint density at radius 1 is 1.04 bits per heavy atom. The molecule has 0 aromatic rings. The van der Waals surface area contributed by atoms with Crippen molar-refractivity contribution in [2.24, 2.45) is 5.92 Å². The Morgan fingerprint density at radius 2 is 1.83 bits per heavy atom. The van der Waals surface area contributed by atoms with Crippen LogP contribution in [0.3, 0.4) is 0 Å². The fourth-order valence-electron chi connectivity index (χ4n) is 4.19. The number of carbonyl (C=O) groups is 1. The summed E-state index contributed by atoms with van der Waals surface area (Å²) in [6.45, 7) is 3.30. The molecule has 3 aliphatic rings. The molecule has 0 aromatic carbocycles. The van der Waals surface area contributed by atoms with Crippen LogP contribution < -0.4 is 5.32 Å². The second kappa shape index (κ2) is 8.45. The number of ether oxygens (including phenoxy) is 2. The number of epoxide rings is 1. The van der Waals surface area contributed by atoms with Gasteiger partial charge in [0.15, 0.2) is 0 Å². The Kier molecular flexibility index (Phi) is 6.31. The third-order valence-corrected chi connectivity index (χ3v) is 5.51. The summed E-state index contributed by atoms with van der Waals surface area (Å²) in [5.41, 5.74) is 0. The molecule has 3 aliphatic heterocycles. The minimum Gasteiger partial charge on any atom is -0.481 e. The average Bonchev–Trinajstić information content (AvgIpc) is 3.19. The van der Waals surface area contributed by atoms with E-state index in [2.05, 4.69) is 24.4 Å². The number of rotatable bonds is 12. The van der Waals surface area contributed by atoms with Gasteiger partial charge in [-0.3, -0.25) is 4.79 Å². The molecule has 0 amide bonds. The van der Waals surface area contributed by atoms with Crippen LogP contribution in [0.25, 0.3) is 0 Å². The maximum absolute atomic E-state index is 10.5. The summed E-state index contributed by atoms with van der Waals surface area (Å²) in [6, 6.07) is 0.407. The van der Waals surface area contributed by atoms with Crippen molar-refractivity contribution >= 4 is 5.97 Å². The van der Waals surface area contributed by atoms with Gasteiger partial charge in [0.05, 0.1) is 6.10 Å². The molecule has 0 aliphatic carbocycles. The largest absolute Gasteiger partial charge is 0.481 e. The standard InChI is InChI=1S/C19H31NO4/c1-2-3-4-9-12-20-15-13(10-7-5-6-8-11-14(21)22)16-18-19(24-18)17(15)23-16/h5,7,13,15-20H,2-4,6,8-12H2,1H3,(H,21,22)/t13-,15+,16+,17-,18-,19+/m0/s1. The highest BCUT2D eigenvalue weighted by Crippen LogP contribution is 2.52. The van der Waals surface area contributed by atoms with Gasteiger partial charge in [0.1, 0.15) is 18.3 Å². The molecule has 2 N–H and O–H groups in total. The number of carboxylic acids is 1. The molecule has 5 nitrogen and oxygen atoms in total. The second-order valence-electron chi connectivity index (χ2n) is 7.33. The first-order chi connectivity index (χ1) is 11.7. The molecule has 0 saturated carbocycles. The Labute approximate surface area is 144 Å². The van der Waals surface area contributed by atoms with Crippen LogP contribution in [0, 0.1) is 5.92 Å². The summed E-state index contributed by atoms with van der Waals surface area (Å²) < 4.78 is 11.9. The van der Waals surface area contributed by atoms with Crippen LogP contribution in [0.15, 0.2) is 12.2 Å². The SMILES string of the molecule is CCCCCCN[C@@H]1[C@H](CC=CCCCC(=O)O)[C@H]2O[C@@H]1[C@H]1O[C@H]12. The zero-order valence-corrected chi connectivity index (χ0v) is 14.7. The van der Waals surface area contributed by atoms with Crippen LogP contribution in [0.4, 0.5) is 0 Å². The molecule has 5 heteroatoms. The number of nitrogens with one attached hydrogen (secondary N) is 1. The summed E-state index contributed by atoms with van der Waals surface area (Å²) in [5, 5.41) is 12.4. The van der Waals surface area contributed by atoms with Crippen molar-refractivity contribution in [1.29, 1.82) is 0 Å². The van der Waals surface area contributed by atoms with Gasteiger partial charge in [-0.25, -0.2) is 0 Å². The molecule has 0 aromatic heterocycles. The summed E-state index contributed by atoms with van der Waals surface area (Å²) in [6.07, 6.45) is 13.4. The van der Waals surface area contributed by atoms with E-state index >= 15 is 0 Å². The smallest absolute Gasteiger partial charge is 0.303 e. The Morgan fingerprint density at radius 3 is 2.62 bits per heavy atom. The Bertz CT molecular complexity index is 453. The second-order valence-corrected chi connectivity index (χ2v) is 7.33. The molecule has 0 radical (unpaired) electrons. The van der Waals surface area contributed by atoms with E-state index in [1.54, 1.807) is 0 Å². The Hall–Kier alpha value is -0.910. The molecule has 24 heavy (non-hydrogen) atoms. The van der Waals surface area contributed by atoms with Gasteiger partial charge in [-0.2, -0.15) is 0 Å². The van der Waals surface area contributed by atoms with Crippen LogP contribution in [-0.2, 0) is 14.3 Å². The topological polar surface area (TPSA) is 71.1 Å². The molecule has 136 valence electrons. The van der Waals surface area contributed by atoms with Crippen LogP contribution in [0.1, 0.15) is 58.3 Å². The maximum atomic E-state index is 10.5. The van der Waals surface area contributed by atoms with Crippen molar-refractivity contribution in [3.63, 3.8) is 0 Å². The van der Waals surface area contributed by atoms with Crippen molar-refractivity contribution in [2.75, 3.05) is 6.54 Å². The zero-order valence-electron chi connectivity index (χ0n) is 14.7. The first kappa shape index (κ1) is 17.9. The summed E-state index contributed by atoms with van der Waals surface area (Å²) in [7, 11) is 0. The van der Waals surface area contributed by atoms with E-state index in [0.29, 0.717) is 30.6 Å². The van der Waals surface area contributed by atoms with Gasteiger partial charge in [0, 0.05) is 18.4 Å². The van der Waals surface area contributed by atoms with Crippen LogP contribution in [-0.4, -0.2) is 48.1 Å². The van der Waals surface area contributed by atoms with E-state index in [-0.39, 0.29) is 18.6 Å². The minimum atomic E-state index is -0.714. The molecule has 2 bridgehead atoms. The zero-order chi connectivity index (χ0) is 16.9. The van der Waals surface area contributed by atoms with Crippen LogP contribution >= 0.6 is 0 Å². The minimum absolute atomic E-state index is 0.233. The lowest BCUT2D eigenvalue weighted by molar-refractivity contribution is -0.137. The van der Waals surface area contributed by atoms with Crippen LogP contribution in [0.5, 0.6) is 0 Å². The summed E-state index contributed by atoms with van der Waals surface area (Å²) in [5.74, 6) is -0.227. The van der Waals surface area contributed by atoms with Gasteiger partial charge >= 0.3 is 5.97 Å². The number of aliphatic carboxylic acids is 1. The normalized spacial score (nSPS) is 36.4. The van der Waals surface area contributed by atoms with E-state index in [1.165, 1.54) is 25.7 Å². The van der Waals surface area contributed by atoms with E-state index in [9.17, 15) is 4.79 Å². The lowest BCUT2D eigenvalue weighted by Gasteiger charge is -2.26. The highest BCUT2D eigenvalue weighted by molar-refractivity contribution is 5.66. The van der Waals surface area contributed by atoms with Gasteiger partial charge in [-0.1, -0.05) is 38.3 Å². The Balaban J connectivity index is 1.42. The first-order valence-corrected chi connectivity index (χ1v) is 9.63. The fraction of sp³-hybridized carbons (Fsp3) is 0.842. The number of hydrogen-bond donors (Lipinski definition) is 2. The summed E-state index contributed by atoms with van der Waals surface area (Å²) in [4.78, 5) is 10.5. The lowest BCUT2D eigenvalue weighted by atomic mass is 9.82. The predicted octanol–water partition coefficient (Wildman–Crippen LogP) is 2.89. The number of fused-ring (bicyclic) bond motifs is 5. The third kappa shape index (κ3) is 4.19. The number of unbranched alkanes of at least 4 members (excludes halogenated alkanes) is 4. The lowest BCUT2D eigenvalue weighted by Crippen LogP contribution is -2.47. The quantitative estimate of drug-likeness (QED) is 0.325. The van der Waals surface area contributed by atoms with Crippen molar-refractivity contribution in [1.82, 2.24) is 5.32 Å². The van der Waals surface area contributed by atoms with E-state index in [1.807, 2.05) is 0 Å². The molecule has 6 atom stereocenters. The van der Waals surface area contributed by atoms with E-state index in [4.69, 9.17) is 14.6 Å². The van der Waals surface area contributed by atoms with Gasteiger partial charge in [-0.15, -0.1) is 0 Å². The third-order valence-electron chi connectivity index (χ3n) is 5.51. The fourth-order valence-corrected chi connectivity index (χ4v) is 4.19. The van der Waals surface area contributed by atoms with Gasteiger partial charge in [0.2, 0.25) is 0 Å². The molecular formula is C19H31NO4. The van der Waals surface area contributed by atoms with Gasteiger partial charge in [0.25, 0.3) is 0 Å². The maximum Gasteiger partial charge on any atom is 0.303 e. The van der Waals surface area contributed by atoms with Crippen molar-refractivity contribution in [3.05, 3.63) is 12.2 Å². The average molecular weight is 337 g/mol. The molecule has 0 spiro atoms. The highest BCUT2D eigenvalue weighted by atomic mass is 16.7. The first-order valence-electron chi connectivity index (χ1n) is 9.63. The summed E-state index contributed by atoms with van der Waals surface area (Å²) >= 11 is 0. The van der Waals surface area contributed by atoms with E-state index < -0.39 is 5.97 Å². The molecular weight excluding hydrogens is 306 g/mol. The molecule has 3 saturated heterocycles. The monoisotopic (exact) mass is 337 g/mol. The van der Waals surface area contributed by atoms with E-state index in [0.717, 1.165) is 19.4 Å². The highest BCUT2D eigenvalue weighted by Gasteiger charge is 2.68. The van der Waals surface area contributed by atoms with Gasteiger partial charge < -0.3 is 19.9 Å². The number of carboxylic acid groups (broad SMARTS) is 1. The predicted molar refractivity (Wildman–Crippen MR) is 92.0 cm³/mol. The molecule has 3 rings (SSSR count). The molecule has 3 fully saturated rings. The van der Waals surface area contributed by atoms with Crippen molar-refractivity contribution in [3.8, 4) is 0 Å². The molecule has 3 heterocycles. The van der Waals surface area contributed by atoms with Crippen molar-refractivity contribution < 1.29 is 19.4 Å². The van der Waals surface area contributed by atoms with Gasteiger partial charge in [-0.05, 0) is 32.2 Å². The molecule has 0 unspecified atom stereocenters. The van der Waals surface area contributed by atoms with Crippen molar-refractivity contribution in [2.45, 2.75) is 88.7 Å². The van der Waals surface area contributed by atoms with Crippen LogP contribution in [0.2, 0.25) is 0 Å². The number of allylic oxidation sites excluding steroid dienone is 2.